The first kappa shape index (κ1) is 10.3. The van der Waals surface area contributed by atoms with Gasteiger partial charge in [0.15, 0.2) is 0 Å². The molecule has 2 heteroatoms. The van der Waals surface area contributed by atoms with Gasteiger partial charge in [-0.1, -0.05) is 49.4 Å². The van der Waals surface area contributed by atoms with Gasteiger partial charge in [0.1, 0.15) is 0 Å². The van der Waals surface area contributed by atoms with Crippen molar-refractivity contribution in [2.24, 2.45) is 5.92 Å². The largest absolute Gasteiger partial charge is 0.481 e. The molecule has 1 N–H and O–H groups in total. The minimum absolute atomic E-state index is 0.171. The lowest BCUT2D eigenvalue weighted by Gasteiger charge is -2.11. The average Bonchev–Trinajstić information content (AvgIpc) is 3.03. The monoisotopic (exact) mass is 226 g/mol. The quantitative estimate of drug-likeness (QED) is 0.853. The third-order valence-corrected chi connectivity index (χ3v) is 3.94. The van der Waals surface area contributed by atoms with Crippen LogP contribution in [-0.2, 0) is 10.2 Å². The predicted octanol–water partition coefficient (Wildman–Crippen LogP) is 3.20. The molecule has 0 radical (unpaired) electrons. The van der Waals surface area contributed by atoms with E-state index in [2.05, 4.69) is 30.3 Å². The van der Waals surface area contributed by atoms with Crippen molar-refractivity contribution in [1.29, 1.82) is 0 Å². The average molecular weight is 226 g/mol. The molecular weight excluding hydrogens is 212 g/mol. The van der Waals surface area contributed by atoms with Gasteiger partial charge in [0, 0.05) is 5.41 Å². The molecule has 0 spiro atoms. The normalized spacial score (nSPS) is 27.0. The van der Waals surface area contributed by atoms with E-state index >= 15 is 0 Å². The Morgan fingerprint density at radius 3 is 2.59 bits per heavy atom. The number of carboxylic acids is 1. The number of hydrogen-bond acceptors (Lipinski definition) is 1. The van der Waals surface area contributed by atoms with Gasteiger partial charge in [-0.15, -0.1) is 0 Å². The van der Waals surface area contributed by atoms with Crippen LogP contribution in [-0.4, -0.2) is 11.1 Å². The van der Waals surface area contributed by atoms with Crippen LogP contribution < -0.4 is 0 Å². The van der Waals surface area contributed by atoms with Crippen molar-refractivity contribution < 1.29 is 9.90 Å². The summed E-state index contributed by atoms with van der Waals surface area (Å²) in [5.41, 5.74) is 0.971. The summed E-state index contributed by atoms with van der Waals surface area (Å²) in [4.78, 5) is 11.0. The molecule has 3 rings (SSSR count). The molecule has 0 bridgehead atoms. The van der Waals surface area contributed by atoms with E-state index in [4.69, 9.17) is 5.11 Å². The van der Waals surface area contributed by atoms with Crippen LogP contribution in [0.1, 0.15) is 18.9 Å². The molecule has 86 valence electrons. The highest BCUT2D eigenvalue weighted by Gasteiger charge is 2.55. The lowest BCUT2D eigenvalue weighted by atomic mass is 9.93. The Labute approximate surface area is 99.9 Å². The minimum Gasteiger partial charge on any atom is -0.481 e. The Balaban J connectivity index is 2.05. The van der Waals surface area contributed by atoms with E-state index in [1.54, 1.807) is 0 Å². The van der Waals surface area contributed by atoms with Crippen molar-refractivity contribution in [3.05, 3.63) is 48.0 Å². The molecule has 0 aromatic heterocycles. The fourth-order valence-electron chi connectivity index (χ4n) is 2.59. The summed E-state index contributed by atoms with van der Waals surface area (Å²) in [5.74, 6) is -0.899. The van der Waals surface area contributed by atoms with Crippen molar-refractivity contribution in [3.8, 4) is 0 Å². The van der Waals surface area contributed by atoms with Gasteiger partial charge < -0.3 is 5.11 Å². The van der Waals surface area contributed by atoms with Crippen LogP contribution in [0.25, 0.3) is 10.8 Å². The molecule has 0 amide bonds. The van der Waals surface area contributed by atoms with Gasteiger partial charge in [-0.25, -0.2) is 0 Å². The molecule has 0 heterocycles. The molecular formula is C15H14O2. The van der Waals surface area contributed by atoms with Gasteiger partial charge in [-0.3, -0.25) is 4.79 Å². The fraction of sp³-hybridized carbons (Fsp3) is 0.267. The van der Waals surface area contributed by atoms with Crippen molar-refractivity contribution >= 4 is 16.7 Å². The highest BCUT2D eigenvalue weighted by Crippen LogP contribution is 2.54. The summed E-state index contributed by atoms with van der Waals surface area (Å²) >= 11 is 0. The van der Waals surface area contributed by atoms with Gasteiger partial charge in [0.25, 0.3) is 0 Å². The lowest BCUT2D eigenvalue weighted by Crippen LogP contribution is -2.10. The Bertz CT molecular complexity index is 603. The van der Waals surface area contributed by atoms with Crippen LogP contribution in [0, 0.1) is 5.92 Å². The molecule has 17 heavy (non-hydrogen) atoms. The van der Waals surface area contributed by atoms with Crippen molar-refractivity contribution in [1.82, 2.24) is 0 Å². The standard InChI is InChI=1S/C15H14O2/c1-15(9-13(15)14(16)17)12-7-6-10-4-2-3-5-11(10)8-12/h2-8,13H,9H2,1H3,(H,16,17)/t13-,15-/m1/s1. The van der Waals surface area contributed by atoms with Crippen molar-refractivity contribution in [3.63, 3.8) is 0 Å². The molecule has 0 unspecified atom stereocenters. The third-order valence-electron chi connectivity index (χ3n) is 3.94. The number of aliphatic carboxylic acids is 1. The molecule has 0 saturated heterocycles. The zero-order valence-electron chi connectivity index (χ0n) is 9.68. The Kier molecular flexibility index (Phi) is 2.02. The van der Waals surface area contributed by atoms with Crippen molar-refractivity contribution in [2.45, 2.75) is 18.8 Å². The molecule has 2 aromatic rings. The number of carbonyl (C=O) groups is 1. The second-order valence-corrected chi connectivity index (χ2v) is 5.07. The number of fused-ring (bicyclic) bond motifs is 1. The number of rotatable bonds is 2. The Morgan fingerprint density at radius 1 is 1.24 bits per heavy atom. The van der Waals surface area contributed by atoms with Crippen LogP contribution >= 0.6 is 0 Å². The SMILES string of the molecule is C[C@]1(c2ccc3ccccc3c2)C[C@@H]1C(=O)O. The van der Waals surface area contributed by atoms with E-state index in [1.807, 2.05) is 19.1 Å². The summed E-state index contributed by atoms with van der Waals surface area (Å²) in [6, 6.07) is 14.4. The maximum atomic E-state index is 11.0. The topological polar surface area (TPSA) is 37.3 Å². The summed E-state index contributed by atoms with van der Waals surface area (Å²) in [6.07, 6.45) is 0.751. The van der Waals surface area contributed by atoms with Crippen LogP contribution in [0.5, 0.6) is 0 Å². The fourth-order valence-corrected chi connectivity index (χ4v) is 2.59. The first-order chi connectivity index (χ1) is 8.11. The lowest BCUT2D eigenvalue weighted by molar-refractivity contribution is -0.138. The highest BCUT2D eigenvalue weighted by atomic mass is 16.4. The predicted molar refractivity (Wildman–Crippen MR) is 67.0 cm³/mol. The first-order valence-corrected chi connectivity index (χ1v) is 5.83. The molecule has 1 fully saturated rings. The smallest absolute Gasteiger partial charge is 0.307 e. The van der Waals surface area contributed by atoms with Crippen LogP contribution in [0.15, 0.2) is 42.5 Å². The summed E-state index contributed by atoms with van der Waals surface area (Å²) in [5, 5.41) is 11.4. The molecule has 2 nitrogen and oxygen atoms in total. The van der Waals surface area contributed by atoms with E-state index in [-0.39, 0.29) is 11.3 Å². The summed E-state index contributed by atoms with van der Waals surface area (Å²) < 4.78 is 0. The second kappa shape index (κ2) is 3.33. The van der Waals surface area contributed by atoms with E-state index in [0.717, 1.165) is 12.0 Å². The van der Waals surface area contributed by atoms with E-state index in [9.17, 15) is 4.79 Å². The molecule has 0 aliphatic heterocycles. The highest BCUT2D eigenvalue weighted by molar-refractivity contribution is 5.84. The minimum atomic E-state index is -0.680. The number of carboxylic acid groups (broad SMARTS) is 1. The van der Waals surface area contributed by atoms with E-state index in [0.29, 0.717) is 0 Å². The van der Waals surface area contributed by atoms with E-state index in [1.165, 1.54) is 10.8 Å². The Hall–Kier alpha value is -1.83. The van der Waals surface area contributed by atoms with Crippen LogP contribution in [0.4, 0.5) is 0 Å². The Morgan fingerprint density at radius 2 is 1.94 bits per heavy atom. The first-order valence-electron chi connectivity index (χ1n) is 5.83. The molecule has 1 saturated carbocycles. The maximum absolute atomic E-state index is 11.0. The van der Waals surface area contributed by atoms with Gasteiger partial charge in [-0.2, -0.15) is 0 Å². The zero-order valence-corrected chi connectivity index (χ0v) is 9.68. The molecule has 2 atom stereocenters. The van der Waals surface area contributed by atoms with Crippen molar-refractivity contribution in [2.75, 3.05) is 0 Å². The van der Waals surface area contributed by atoms with Gasteiger partial charge >= 0.3 is 5.97 Å². The summed E-state index contributed by atoms with van der Waals surface area (Å²) in [6.45, 7) is 2.04. The van der Waals surface area contributed by atoms with E-state index < -0.39 is 5.97 Å². The van der Waals surface area contributed by atoms with Crippen LogP contribution in [0.2, 0.25) is 0 Å². The molecule has 1 aliphatic rings. The zero-order chi connectivity index (χ0) is 12.0. The maximum Gasteiger partial charge on any atom is 0.307 e. The number of benzene rings is 2. The molecule has 2 aromatic carbocycles. The van der Waals surface area contributed by atoms with Gasteiger partial charge in [-0.05, 0) is 22.8 Å². The third kappa shape index (κ3) is 1.52. The van der Waals surface area contributed by atoms with Gasteiger partial charge in [0.2, 0.25) is 0 Å². The van der Waals surface area contributed by atoms with Crippen LogP contribution in [0.3, 0.4) is 0 Å². The summed E-state index contributed by atoms with van der Waals surface area (Å²) in [7, 11) is 0. The van der Waals surface area contributed by atoms with Gasteiger partial charge in [0.05, 0.1) is 5.92 Å². The molecule has 1 aliphatic carbocycles. The number of hydrogen-bond donors (Lipinski definition) is 1. The second-order valence-electron chi connectivity index (χ2n) is 5.07.